The Balaban J connectivity index is 2.32. The fourth-order valence-corrected chi connectivity index (χ4v) is 2.29. The molecule has 1 aliphatic rings. The van der Waals surface area contributed by atoms with Crippen LogP contribution in [0, 0.1) is 11.8 Å². The molecular weight excluding hydrogens is 233 g/mol. The highest BCUT2D eigenvalue weighted by Crippen LogP contribution is 2.20. The lowest BCUT2D eigenvalue weighted by atomic mass is 9.92. The van der Waals surface area contributed by atoms with Gasteiger partial charge >= 0.3 is 6.18 Å². The maximum atomic E-state index is 11.9. The number of nitrogens with zero attached hydrogens (tertiary/aromatic N) is 1. The lowest BCUT2D eigenvalue weighted by Gasteiger charge is -2.35. The molecule has 1 aliphatic heterocycles. The smallest absolute Gasteiger partial charge is 0.341 e. The summed E-state index contributed by atoms with van der Waals surface area (Å²) in [6, 6.07) is 0. The minimum Gasteiger partial charge on any atom is -0.341 e. The molecule has 1 heterocycles. The van der Waals surface area contributed by atoms with Crippen molar-refractivity contribution in [3.8, 4) is 0 Å². The van der Waals surface area contributed by atoms with Crippen molar-refractivity contribution in [3.63, 3.8) is 0 Å². The minimum absolute atomic E-state index is 0.237. The Morgan fingerprint density at radius 2 is 1.82 bits per heavy atom. The zero-order chi connectivity index (χ0) is 13.1. The highest BCUT2D eigenvalue weighted by molar-refractivity contribution is 5.78. The predicted octanol–water partition coefficient (Wildman–Crippen LogP) is 1.64. The second-order valence-electron chi connectivity index (χ2n) is 4.96. The van der Waals surface area contributed by atoms with Crippen LogP contribution in [-0.2, 0) is 4.79 Å². The van der Waals surface area contributed by atoms with Gasteiger partial charge in [0.2, 0.25) is 5.91 Å². The molecule has 2 unspecified atom stereocenters. The molecule has 1 rings (SSSR count). The number of carbonyl (C=O) groups is 1. The van der Waals surface area contributed by atoms with Gasteiger partial charge in [-0.2, -0.15) is 13.2 Å². The van der Waals surface area contributed by atoms with Crippen LogP contribution < -0.4 is 5.32 Å². The molecule has 0 radical (unpaired) electrons. The first kappa shape index (κ1) is 14.3. The molecule has 3 nitrogen and oxygen atoms in total. The summed E-state index contributed by atoms with van der Waals surface area (Å²) in [5.41, 5.74) is 0. The highest BCUT2D eigenvalue weighted by atomic mass is 19.4. The van der Waals surface area contributed by atoms with E-state index in [1.807, 2.05) is 0 Å². The molecule has 2 atom stereocenters. The van der Waals surface area contributed by atoms with Crippen molar-refractivity contribution in [2.45, 2.75) is 26.4 Å². The van der Waals surface area contributed by atoms with Crippen LogP contribution in [0.1, 0.15) is 20.3 Å². The summed E-state index contributed by atoms with van der Waals surface area (Å²) < 4.78 is 35.7. The van der Waals surface area contributed by atoms with Gasteiger partial charge in [0.05, 0.1) is 13.1 Å². The Kier molecular flexibility index (Phi) is 4.80. The Morgan fingerprint density at radius 3 is 2.29 bits per heavy atom. The number of nitrogens with one attached hydrogen (secondary N) is 1. The van der Waals surface area contributed by atoms with Crippen LogP contribution in [0.5, 0.6) is 0 Å². The molecule has 0 aromatic heterocycles. The zero-order valence-corrected chi connectivity index (χ0v) is 10.2. The molecule has 6 heteroatoms. The van der Waals surface area contributed by atoms with E-state index in [1.54, 1.807) is 4.90 Å². The normalized spacial score (nSPS) is 26.1. The lowest BCUT2D eigenvalue weighted by Crippen LogP contribution is -2.47. The van der Waals surface area contributed by atoms with Gasteiger partial charge in [-0.25, -0.2) is 0 Å². The van der Waals surface area contributed by atoms with Crippen LogP contribution in [0.2, 0.25) is 0 Å². The topological polar surface area (TPSA) is 32.3 Å². The Bertz CT molecular complexity index is 258. The summed E-state index contributed by atoms with van der Waals surface area (Å²) in [6.07, 6.45) is -3.19. The molecule has 0 aromatic carbocycles. The van der Waals surface area contributed by atoms with Crippen LogP contribution in [0.3, 0.4) is 0 Å². The molecule has 0 saturated carbocycles. The molecule has 1 fully saturated rings. The van der Waals surface area contributed by atoms with E-state index < -0.39 is 12.7 Å². The lowest BCUT2D eigenvalue weighted by molar-refractivity contribution is -0.136. The maximum absolute atomic E-state index is 11.9. The molecule has 1 amide bonds. The number of alkyl halides is 3. The summed E-state index contributed by atoms with van der Waals surface area (Å²) in [5.74, 6) is 0.600. The minimum atomic E-state index is -4.26. The van der Waals surface area contributed by atoms with Crippen LogP contribution >= 0.6 is 0 Å². The third-order valence-corrected chi connectivity index (χ3v) is 2.82. The van der Waals surface area contributed by atoms with E-state index >= 15 is 0 Å². The van der Waals surface area contributed by atoms with Crippen LogP contribution in [0.4, 0.5) is 13.2 Å². The third kappa shape index (κ3) is 5.39. The molecule has 0 spiro atoms. The highest BCUT2D eigenvalue weighted by Gasteiger charge is 2.28. The van der Waals surface area contributed by atoms with Crippen molar-refractivity contribution in [2.75, 3.05) is 26.2 Å². The van der Waals surface area contributed by atoms with Crippen molar-refractivity contribution in [3.05, 3.63) is 0 Å². The van der Waals surface area contributed by atoms with Gasteiger partial charge in [0.1, 0.15) is 0 Å². The number of amides is 1. The van der Waals surface area contributed by atoms with E-state index in [2.05, 4.69) is 19.2 Å². The summed E-state index contributed by atoms with van der Waals surface area (Å²) in [4.78, 5) is 13.3. The zero-order valence-electron chi connectivity index (χ0n) is 10.2. The summed E-state index contributed by atoms with van der Waals surface area (Å²) in [6.45, 7) is 4.06. The largest absolute Gasteiger partial charge is 0.401 e. The van der Waals surface area contributed by atoms with Gasteiger partial charge in [0.25, 0.3) is 0 Å². The number of piperidine rings is 1. The second-order valence-corrected chi connectivity index (χ2v) is 4.96. The summed E-state index contributed by atoms with van der Waals surface area (Å²) in [5, 5.41) is 2.14. The number of likely N-dealkylation sites (tertiary alicyclic amines) is 1. The monoisotopic (exact) mass is 252 g/mol. The molecule has 1 saturated heterocycles. The van der Waals surface area contributed by atoms with Crippen LogP contribution in [0.15, 0.2) is 0 Å². The molecule has 1 N–H and O–H groups in total. The molecule has 17 heavy (non-hydrogen) atoms. The van der Waals surface area contributed by atoms with Crippen molar-refractivity contribution in [2.24, 2.45) is 11.8 Å². The number of halogens is 3. The average molecular weight is 252 g/mol. The van der Waals surface area contributed by atoms with Crippen molar-refractivity contribution in [1.29, 1.82) is 0 Å². The van der Waals surface area contributed by atoms with E-state index in [-0.39, 0.29) is 12.5 Å². The number of hydrogen-bond acceptors (Lipinski definition) is 2. The quantitative estimate of drug-likeness (QED) is 0.828. The van der Waals surface area contributed by atoms with E-state index in [9.17, 15) is 18.0 Å². The SMILES string of the molecule is CC1CC(C)CN(C(=O)CNCC(F)(F)F)C1. The van der Waals surface area contributed by atoms with Gasteiger partial charge in [-0.05, 0) is 18.3 Å². The summed E-state index contributed by atoms with van der Waals surface area (Å²) >= 11 is 0. The molecular formula is C11H19F3N2O. The number of hydrogen-bond donors (Lipinski definition) is 1. The van der Waals surface area contributed by atoms with E-state index in [1.165, 1.54) is 0 Å². The first-order valence-electron chi connectivity index (χ1n) is 5.83. The first-order valence-corrected chi connectivity index (χ1v) is 5.83. The van der Waals surface area contributed by atoms with Gasteiger partial charge in [-0.3, -0.25) is 4.79 Å². The number of carbonyl (C=O) groups excluding carboxylic acids is 1. The first-order chi connectivity index (χ1) is 7.78. The molecule has 0 bridgehead atoms. The van der Waals surface area contributed by atoms with E-state index in [0.717, 1.165) is 6.42 Å². The molecule has 100 valence electrons. The maximum Gasteiger partial charge on any atom is 0.401 e. The fourth-order valence-electron chi connectivity index (χ4n) is 2.29. The molecule has 0 aromatic rings. The van der Waals surface area contributed by atoms with Gasteiger partial charge in [-0.1, -0.05) is 13.8 Å². The van der Waals surface area contributed by atoms with E-state index in [4.69, 9.17) is 0 Å². The van der Waals surface area contributed by atoms with Crippen molar-refractivity contribution < 1.29 is 18.0 Å². The van der Waals surface area contributed by atoms with Crippen LogP contribution in [0.25, 0.3) is 0 Å². The van der Waals surface area contributed by atoms with Gasteiger partial charge in [-0.15, -0.1) is 0 Å². The average Bonchev–Trinajstić information content (AvgIpc) is 2.13. The fraction of sp³-hybridized carbons (Fsp3) is 0.909. The number of rotatable bonds is 3. The second kappa shape index (κ2) is 5.71. The third-order valence-electron chi connectivity index (χ3n) is 2.82. The Labute approximate surface area is 99.4 Å². The summed E-state index contributed by atoms with van der Waals surface area (Å²) in [7, 11) is 0. The van der Waals surface area contributed by atoms with Gasteiger partial charge in [0.15, 0.2) is 0 Å². The van der Waals surface area contributed by atoms with Crippen molar-refractivity contribution >= 4 is 5.91 Å². The standard InChI is InChI=1S/C11H19F3N2O/c1-8-3-9(2)6-16(5-8)10(17)4-15-7-11(12,13)14/h8-9,15H,3-7H2,1-2H3. The van der Waals surface area contributed by atoms with E-state index in [0.29, 0.717) is 24.9 Å². The predicted molar refractivity (Wildman–Crippen MR) is 58.4 cm³/mol. The van der Waals surface area contributed by atoms with Gasteiger partial charge < -0.3 is 10.2 Å². The van der Waals surface area contributed by atoms with Crippen molar-refractivity contribution in [1.82, 2.24) is 10.2 Å². The van der Waals surface area contributed by atoms with Crippen LogP contribution in [-0.4, -0.2) is 43.2 Å². The Hall–Kier alpha value is -0.780. The van der Waals surface area contributed by atoms with Gasteiger partial charge in [0, 0.05) is 13.1 Å². The Morgan fingerprint density at radius 1 is 1.29 bits per heavy atom. The molecule has 0 aliphatic carbocycles.